The molecule has 0 aromatic rings. The molecule has 2 heterocycles. The average molecular weight is 240 g/mol. The Hall–Kier alpha value is -0.610. The topological polar surface area (TPSA) is 52.6 Å². The van der Waals surface area contributed by atoms with Crippen molar-refractivity contribution in [3.63, 3.8) is 0 Å². The van der Waals surface area contributed by atoms with E-state index in [1.54, 1.807) is 13.8 Å². The van der Waals surface area contributed by atoms with Crippen LogP contribution in [0, 0.1) is 5.41 Å². The normalized spacial score (nSPS) is 24.6. The minimum absolute atomic E-state index is 0.224. The first-order chi connectivity index (χ1) is 7.90. The molecule has 0 aromatic heterocycles. The van der Waals surface area contributed by atoms with Gasteiger partial charge in [0, 0.05) is 19.5 Å². The summed E-state index contributed by atoms with van der Waals surface area (Å²) in [7, 11) is 0. The molecule has 4 heteroatoms. The smallest absolute Gasteiger partial charge is 0.223 e. The molecule has 0 saturated carbocycles. The second-order valence-electron chi connectivity index (χ2n) is 6.30. The van der Waals surface area contributed by atoms with Crippen molar-refractivity contribution in [3.05, 3.63) is 0 Å². The van der Waals surface area contributed by atoms with Crippen molar-refractivity contribution in [3.8, 4) is 0 Å². The maximum absolute atomic E-state index is 12.0. The van der Waals surface area contributed by atoms with Gasteiger partial charge < -0.3 is 15.3 Å². The number of piperidine rings is 1. The number of likely N-dealkylation sites (tertiary alicyclic amines) is 1. The van der Waals surface area contributed by atoms with Crippen molar-refractivity contribution in [1.82, 2.24) is 10.2 Å². The lowest BCUT2D eigenvalue weighted by Gasteiger charge is -2.33. The first kappa shape index (κ1) is 12.8. The molecule has 0 aromatic carbocycles. The van der Waals surface area contributed by atoms with E-state index >= 15 is 0 Å². The van der Waals surface area contributed by atoms with Gasteiger partial charge in [-0.05, 0) is 51.6 Å². The molecule has 0 bridgehead atoms. The molecule has 0 unspecified atom stereocenters. The molecule has 2 fully saturated rings. The summed E-state index contributed by atoms with van der Waals surface area (Å²) >= 11 is 0. The third-order valence-electron chi connectivity index (χ3n) is 4.06. The maximum atomic E-state index is 12.0. The summed E-state index contributed by atoms with van der Waals surface area (Å²) in [5, 5.41) is 13.1. The summed E-state index contributed by atoms with van der Waals surface area (Å²) in [5.41, 5.74) is -0.452. The highest BCUT2D eigenvalue weighted by Gasteiger charge is 2.43. The Balaban J connectivity index is 1.90. The van der Waals surface area contributed by atoms with Crippen LogP contribution in [-0.4, -0.2) is 47.7 Å². The first-order valence-electron chi connectivity index (χ1n) is 6.61. The van der Waals surface area contributed by atoms with Crippen LogP contribution in [0.5, 0.6) is 0 Å². The van der Waals surface area contributed by atoms with E-state index in [2.05, 4.69) is 5.32 Å². The Morgan fingerprint density at radius 3 is 2.65 bits per heavy atom. The number of nitrogens with zero attached hydrogens (tertiary/aromatic N) is 1. The third-order valence-corrected chi connectivity index (χ3v) is 4.06. The summed E-state index contributed by atoms with van der Waals surface area (Å²) in [5.74, 6) is 0.274. The fourth-order valence-electron chi connectivity index (χ4n) is 2.89. The van der Waals surface area contributed by atoms with E-state index in [1.807, 2.05) is 4.90 Å². The van der Waals surface area contributed by atoms with Gasteiger partial charge in [-0.2, -0.15) is 0 Å². The molecule has 4 nitrogen and oxygen atoms in total. The van der Waals surface area contributed by atoms with Gasteiger partial charge in [-0.15, -0.1) is 0 Å². The minimum atomic E-state index is -0.676. The molecule has 17 heavy (non-hydrogen) atoms. The number of aliphatic hydroxyl groups is 1. The van der Waals surface area contributed by atoms with Crippen LogP contribution in [0.1, 0.15) is 39.5 Å². The van der Waals surface area contributed by atoms with E-state index in [0.717, 1.165) is 32.5 Å². The number of nitrogens with one attached hydrogen (secondary N) is 1. The van der Waals surface area contributed by atoms with Crippen molar-refractivity contribution < 1.29 is 9.90 Å². The molecule has 0 aliphatic carbocycles. The number of carbonyl (C=O) groups excluding carboxylic acids is 1. The lowest BCUT2D eigenvalue weighted by molar-refractivity contribution is -0.128. The molecule has 2 N–H and O–H groups in total. The van der Waals surface area contributed by atoms with E-state index in [1.165, 1.54) is 0 Å². The van der Waals surface area contributed by atoms with Crippen LogP contribution >= 0.6 is 0 Å². The average Bonchev–Trinajstić information content (AvgIpc) is 2.52. The van der Waals surface area contributed by atoms with Crippen LogP contribution in [0.4, 0.5) is 0 Å². The molecule has 2 saturated heterocycles. The second-order valence-corrected chi connectivity index (χ2v) is 6.30. The Labute approximate surface area is 103 Å². The fourth-order valence-corrected chi connectivity index (χ4v) is 2.89. The molecule has 2 rings (SSSR count). The molecule has 2 aliphatic rings. The van der Waals surface area contributed by atoms with Crippen molar-refractivity contribution >= 4 is 5.91 Å². The Bertz CT molecular complexity index is 290. The predicted octanol–water partition coefficient (Wildman–Crippen LogP) is 0.749. The van der Waals surface area contributed by atoms with Crippen LogP contribution in [0.2, 0.25) is 0 Å². The molecule has 0 radical (unpaired) electrons. The quantitative estimate of drug-likeness (QED) is 0.765. The molecule has 2 aliphatic heterocycles. The largest absolute Gasteiger partial charge is 0.390 e. The fraction of sp³-hybridized carbons (Fsp3) is 0.923. The summed E-state index contributed by atoms with van der Waals surface area (Å²) < 4.78 is 0. The summed E-state index contributed by atoms with van der Waals surface area (Å²) in [6, 6.07) is 0. The van der Waals surface area contributed by atoms with Gasteiger partial charge in [-0.1, -0.05) is 0 Å². The van der Waals surface area contributed by atoms with E-state index in [0.29, 0.717) is 19.4 Å². The van der Waals surface area contributed by atoms with Gasteiger partial charge in [-0.3, -0.25) is 4.79 Å². The number of hydrogen-bond donors (Lipinski definition) is 2. The predicted molar refractivity (Wildman–Crippen MR) is 66.6 cm³/mol. The zero-order valence-electron chi connectivity index (χ0n) is 11.0. The monoisotopic (exact) mass is 240 g/mol. The Kier molecular flexibility index (Phi) is 3.46. The van der Waals surface area contributed by atoms with Crippen LogP contribution in [0.25, 0.3) is 0 Å². The van der Waals surface area contributed by atoms with Gasteiger partial charge in [-0.25, -0.2) is 0 Å². The van der Waals surface area contributed by atoms with E-state index < -0.39 is 5.60 Å². The first-order valence-corrected chi connectivity index (χ1v) is 6.61. The van der Waals surface area contributed by atoms with Gasteiger partial charge in [0.25, 0.3) is 0 Å². The SMILES string of the molecule is CC(C)(O)CCN1CC2(CCNCC2)CC1=O. The molecule has 1 amide bonds. The number of hydrogen-bond acceptors (Lipinski definition) is 3. The molecule has 0 atom stereocenters. The Morgan fingerprint density at radius 1 is 1.41 bits per heavy atom. The van der Waals surface area contributed by atoms with E-state index in [-0.39, 0.29) is 11.3 Å². The van der Waals surface area contributed by atoms with Crippen LogP contribution in [0.15, 0.2) is 0 Å². The molecular formula is C13H24N2O2. The highest BCUT2D eigenvalue weighted by atomic mass is 16.3. The van der Waals surface area contributed by atoms with Gasteiger partial charge in [0.15, 0.2) is 0 Å². The lowest BCUT2D eigenvalue weighted by atomic mass is 9.78. The van der Waals surface area contributed by atoms with Crippen molar-refractivity contribution in [2.75, 3.05) is 26.2 Å². The van der Waals surface area contributed by atoms with Gasteiger partial charge in [0.05, 0.1) is 5.60 Å². The van der Waals surface area contributed by atoms with Gasteiger partial charge in [0.1, 0.15) is 0 Å². The van der Waals surface area contributed by atoms with Crippen molar-refractivity contribution in [1.29, 1.82) is 0 Å². The summed E-state index contributed by atoms with van der Waals surface area (Å²) in [6.07, 6.45) is 3.59. The second kappa shape index (κ2) is 4.58. The maximum Gasteiger partial charge on any atom is 0.223 e. The van der Waals surface area contributed by atoms with Crippen LogP contribution in [-0.2, 0) is 4.79 Å². The highest BCUT2D eigenvalue weighted by molar-refractivity contribution is 5.79. The van der Waals surface area contributed by atoms with Gasteiger partial charge >= 0.3 is 0 Å². The number of rotatable bonds is 3. The molecule has 98 valence electrons. The zero-order chi connectivity index (χ0) is 12.5. The summed E-state index contributed by atoms with van der Waals surface area (Å²) in [6.45, 7) is 7.25. The standard InChI is InChI=1S/C13H24N2O2/c1-12(2,17)5-8-15-10-13(9-11(15)16)3-6-14-7-4-13/h14,17H,3-10H2,1-2H3. The third kappa shape index (κ3) is 3.19. The summed E-state index contributed by atoms with van der Waals surface area (Å²) in [4.78, 5) is 13.9. The van der Waals surface area contributed by atoms with Crippen molar-refractivity contribution in [2.24, 2.45) is 5.41 Å². The van der Waals surface area contributed by atoms with Crippen LogP contribution < -0.4 is 5.32 Å². The Morgan fingerprint density at radius 2 is 2.06 bits per heavy atom. The molecular weight excluding hydrogens is 216 g/mol. The number of carbonyl (C=O) groups is 1. The number of amides is 1. The lowest BCUT2D eigenvalue weighted by Crippen LogP contribution is -2.39. The van der Waals surface area contributed by atoms with E-state index in [9.17, 15) is 9.90 Å². The van der Waals surface area contributed by atoms with Crippen molar-refractivity contribution in [2.45, 2.75) is 45.1 Å². The van der Waals surface area contributed by atoms with E-state index in [4.69, 9.17) is 0 Å². The zero-order valence-corrected chi connectivity index (χ0v) is 11.0. The minimum Gasteiger partial charge on any atom is -0.390 e. The van der Waals surface area contributed by atoms with Crippen LogP contribution in [0.3, 0.4) is 0 Å². The molecule has 1 spiro atoms. The van der Waals surface area contributed by atoms with Gasteiger partial charge in [0.2, 0.25) is 5.91 Å². The highest BCUT2D eigenvalue weighted by Crippen LogP contribution is 2.39.